The van der Waals surface area contributed by atoms with Crippen molar-refractivity contribution in [2.24, 2.45) is 5.92 Å². The van der Waals surface area contributed by atoms with Gasteiger partial charge in [0.15, 0.2) is 0 Å². The van der Waals surface area contributed by atoms with Gasteiger partial charge in [-0.2, -0.15) is 4.31 Å². The second kappa shape index (κ2) is 8.93. The van der Waals surface area contributed by atoms with Crippen LogP contribution in [0.15, 0.2) is 53.4 Å². The van der Waals surface area contributed by atoms with Crippen LogP contribution in [0, 0.1) is 11.7 Å². The maximum absolute atomic E-state index is 13.9. The van der Waals surface area contributed by atoms with E-state index in [0.717, 1.165) is 6.07 Å². The van der Waals surface area contributed by atoms with Gasteiger partial charge in [-0.1, -0.05) is 18.2 Å². The second-order valence-corrected chi connectivity index (χ2v) is 9.28. The Morgan fingerprint density at radius 1 is 1.07 bits per heavy atom. The maximum Gasteiger partial charge on any atom is 0.253 e. The summed E-state index contributed by atoms with van der Waals surface area (Å²) in [5, 5.41) is 2.80. The molecule has 30 heavy (non-hydrogen) atoms. The molecular weight excluding hydrogens is 409 g/mol. The number of sulfonamides is 1. The van der Waals surface area contributed by atoms with Crippen molar-refractivity contribution in [2.45, 2.75) is 17.7 Å². The first-order valence-electron chi connectivity index (χ1n) is 9.57. The summed E-state index contributed by atoms with van der Waals surface area (Å²) in [6.07, 6.45) is 0.658. The lowest BCUT2D eigenvalue weighted by molar-refractivity contribution is -0.120. The van der Waals surface area contributed by atoms with Crippen LogP contribution < -0.4 is 5.32 Å². The average Bonchev–Trinajstić information content (AvgIpc) is 2.73. The molecule has 7 nitrogen and oxygen atoms in total. The van der Waals surface area contributed by atoms with Crippen molar-refractivity contribution in [2.75, 3.05) is 32.5 Å². The molecule has 0 unspecified atom stereocenters. The molecule has 3 rings (SSSR count). The Labute approximate surface area is 175 Å². The molecule has 1 N–H and O–H groups in total. The zero-order valence-electron chi connectivity index (χ0n) is 16.8. The standard InChI is InChI=1S/C21H24FN3O4S/c1-24(2)21(27)16-6-5-7-17(14-16)23-20(26)15-10-12-25(13-11-15)30(28,29)19-9-4-3-8-18(19)22/h3-9,14-15H,10-13H2,1-2H3,(H,23,26). The number of carbonyl (C=O) groups excluding carboxylic acids is 2. The molecule has 0 atom stereocenters. The minimum atomic E-state index is -3.94. The number of amides is 2. The van der Waals surface area contributed by atoms with E-state index >= 15 is 0 Å². The van der Waals surface area contributed by atoms with E-state index in [0.29, 0.717) is 24.1 Å². The number of hydrogen-bond donors (Lipinski definition) is 1. The summed E-state index contributed by atoms with van der Waals surface area (Å²) >= 11 is 0. The molecule has 2 aromatic carbocycles. The summed E-state index contributed by atoms with van der Waals surface area (Å²) in [4.78, 5) is 25.8. The number of anilines is 1. The third kappa shape index (κ3) is 4.68. The number of hydrogen-bond acceptors (Lipinski definition) is 4. The summed E-state index contributed by atoms with van der Waals surface area (Å²) in [5.74, 6) is -1.56. The first-order chi connectivity index (χ1) is 14.2. The fraction of sp³-hybridized carbons (Fsp3) is 0.333. The van der Waals surface area contributed by atoms with Gasteiger partial charge < -0.3 is 10.2 Å². The Bertz CT molecular complexity index is 1050. The van der Waals surface area contributed by atoms with Gasteiger partial charge in [0.25, 0.3) is 5.91 Å². The zero-order valence-corrected chi connectivity index (χ0v) is 17.7. The molecule has 0 aliphatic carbocycles. The lowest BCUT2D eigenvalue weighted by Gasteiger charge is -2.30. The lowest BCUT2D eigenvalue weighted by atomic mass is 9.97. The first kappa shape index (κ1) is 21.9. The van der Waals surface area contributed by atoms with Crippen LogP contribution in [0.3, 0.4) is 0 Å². The van der Waals surface area contributed by atoms with Crippen LogP contribution in [0.1, 0.15) is 23.2 Å². The van der Waals surface area contributed by atoms with Crippen molar-refractivity contribution >= 4 is 27.5 Å². The number of benzene rings is 2. The fourth-order valence-corrected chi connectivity index (χ4v) is 4.92. The minimum absolute atomic E-state index is 0.133. The van der Waals surface area contributed by atoms with Crippen molar-refractivity contribution in [3.63, 3.8) is 0 Å². The highest BCUT2D eigenvalue weighted by molar-refractivity contribution is 7.89. The summed E-state index contributed by atoms with van der Waals surface area (Å²) in [5.41, 5.74) is 0.970. The van der Waals surface area contributed by atoms with E-state index in [9.17, 15) is 22.4 Å². The van der Waals surface area contributed by atoms with E-state index in [1.807, 2.05) is 0 Å². The van der Waals surface area contributed by atoms with Crippen molar-refractivity contribution in [3.05, 3.63) is 59.9 Å². The average molecular weight is 434 g/mol. The molecule has 0 aromatic heterocycles. The molecule has 1 heterocycles. The van der Waals surface area contributed by atoms with E-state index in [1.165, 1.54) is 27.4 Å². The molecule has 1 aliphatic heterocycles. The molecule has 0 radical (unpaired) electrons. The monoisotopic (exact) mass is 433 g/mol. The van der Waals surface area contributed by atoms with Crippen LogP contribution >= 0.6 is 0 Å². The molecule has 160 valence electrons. The van der Waals surface area contributed by atoms with Crippen LogP contribution in [0.25, 0.3) is 0 Å². The Morgan fingerprint density at radius 2 is 1.73 bits per heavy atom. The Balaban J connectivity index is 1.63. The van der Waals surface area contributed by atoms with Crippen molar-refractivity contribution in [1.29, 1.82) is 0 Å². The van der Waals surface area contributed by atoms with Crippen LogP contribution in [0.2, 0.25) is 0 Å². The van der Waals surface area contributed by atoms with Crippen LogP contribution in [-0.2, 0) is 14.8 Å². The number of nitrogens with zero attached hydrogens (tertiary/aromatic N) is 2. The highest BCUT2D eigenvalue weighted by Gasteiger charge is 2.33. The van der Waals surface area contributed by atoms with E-state index in [-0.39, 0.29) is 35.7 Å². The van der Waals surface area contributed by atoms with E-state index in [2.05, 4.69) is 5.32 Å². The predicted octanol–water partition coefficient (Wildman–Crippen LogP) is 2.57. The van der Waals surface area contributed by atoms with E-state index in [4.69, 9.17) is 0 Å². The summed E-state index contributed by atoms with van der Waals surface area (Å²) in [7, 11) is -0.640. The predicted molar refractivity (Wildman–Crippen MR) is 111 cm³/mol. The fourth-order valence-electron chi connectivity index (χ4n) is 3.38. The number of nitrogens with one attached hydrogen (secondary N) is 1. The van der Waals surface area contributed by atoms with Crippen LogP contribution in [0.5, 0.6) is 0 Å². The zero-order chi connectivity index (χ0) is 21.9. The van der Waals surface area contributed by atoms with Crippen LogP contribution in [-0.4, -0.2) is 56.6 Å². The highest BCUT2D eigenvalue weighted by atomic mass is 32.2. The molecule has 2 aromatic rings. The van der Waals surface area contributed by atoms with Gasteiger partial charge in [-0.25, -0.2) is 12.8 Å². The Morgan fingerprint density at radius 3 is 2.37 bits per heavy atom. The van der Waals surface area contributed by atoms with Crippen LogP contribution in [0.4, 0.5) is 10.1 Å². The number of halogens is 1. The SMILES string of the molecule is CN(C)C(=O)c1cccc(NC(=O)C2CCN(S(=O)(=O)c3ccccc3F)CC2)c1. The number of piperidine rings is 1. The van der Waals surface area contributed by atoms with Gasteiger partial charge in [-0.05, 0) is 43.2 Å². The van der Waals surface area contributed by atoms with E-state index in [1.54, 1.807) is 38.4 Å². The highest BCUT2D eigenvalue weighted by Crippen LogP contribution is 2.26. The van der Waals surface area contributed by atoms with Gasteiger partial charge in [0, 0.05) is 44.4 Å². The molecule has 2 amide bonds. The molecule has 1 fully saturated rings. The second-order valence-electron chi connectivity index (χ2n) is 7.38. The Hall–Kier alpha value is -2.78. The normalized spacial score (nSPS) is 15.6. The van der Waals surface area contributed by atoms with Crippen molar-refractivity contribution < 1.29 is 22.4 Å². The molecule has 1 saturated heterocycles. The molecule has 0 bridgehead atoms. The quantitative estimate of drug-likeness (QED) is 0.785. The van der Waals surface area contributed by atoms with Gasteiger partial charge in [0.2, 0.25) is 15.9 Å². The van der Waals surface area contributed by atoms with Gasteiger partial charge >= 0.3 is 0 Å². The molecule has 0 saturated carbocycles. The molecule has 0 spiro atoms. The largest absolute Gasteiger partial charge is 0.345 e. The molecular formula is C21H24FN3O4S. The van der Waals surface area contributed by atoms with E-state index < -0.39 is 15.8 Å². The van der Waals surface area contributed by atoms with Gasteiger partial charge in [0.05, 0.1) is 0 Å². The number of carbonyl (C=O) groups is 2. The smallest absolute Gasteiger partial charge is 0.253 e. The third-order valence-electron chi connectivity index (χ3n) is 5.06. The van der Waals surface area contributed by atoms with Gasteiger partial charge in [-0.3, -0.25) is 9.59 Å². The lowest BCUT2D eigenvalue weighted by Crippen LogP contribution is -2.41. The summed E-state index contributed by atoms with van der Waals surface area (Å²) < 4.78 is 40.5. The van der Waals surface area contributed by atoms with Crippen molar-refractivity contribution in [1.82, 2.24) is 9.21 Å². The summed E-state index contributed by atoms with van der Waals surface area (Å²) in [6.45, 7) is 0.266. The topological polar surface area (TPSA) is 86.8 Å². The first-order valence-corrected chi connectivity index (χ1v) is 11.0. The third-order valence-corrected chi connectivity index (χ3v) is 6.99. The minimum Gasteiger partial charge on any atom is -0.345 e. The summed E-state index contributed by atoms with van der Waals surface area (Å²) in [6, 6.07) is 11.9. The van der Waals surface area contributed by atoms with Crippen molar-refractivity contribution in [3.8, 4) is 0 Å². The van der Waals surface area contributed by atoms with Gasteiger partial charge in [-0.15, -0.1) is 0 Å². The van der Waals surface area contributed by atoms with Gasteiger partial charge in [0.1, 0.15) is 10.7 Å². The molecule has 9 heteroatoms. The maximum atomic E-state index is 13.9. The Kier molecular flexibility index (Phi) is 6.52. The number of rotatable bonds is 5. The molecule has 1 aliphatic rings.